The fraction of sp³-hybridized carbons (Fsp3) is 0.375. The van der Waals surface area contributed by atoms with Gasteiger partial charge in [0.1, 0.15) is 11.5 Å². The van der Waals surface area contributed by atoms with Gasteiger partial charge in [-0.25, -0.2) is 4.98 Å². The van der Waals surface area contributed by atoms with Crippen molar-refractivity contribution in [3.05, 3.63) is 59.3 Å². The number of pyridine rings is 1. The molecule has 0 unspecified atom stereocenters. The summed E-state index contributed by atoms with van der Waals surface area (Å²) < 4.78 is 2.00. The number of aryl methyl sites for hydroxylation is 1. The van der Waals surface area contributed by atoms with E-state index in [0.717, 1.165) is 23.8 Å². The van der Waals surface area contributed by atoms with Crippen molar-refractivity contribution < 1.29 is 9.59 Å². The highest BCUT2D eigenvalue weighted by Crippen LogP contribution is 2.28. The summed E-state index contributed by atoms with van der Waals surface area (Å²) in [6.07, 6.45) is 5.12. The molecule has 4 rings (SSSR count). The standard InChI is InChI=1S/C24H28N4O2/c1-15-8-10-16(11-9-15)22(29)27-20-13-12-18-19(23(30)25-17-6-5-7-17)14-28(21(18)26-20)24(2,3)4/h8-14,17H,5-7H2,1-4H3,(H,25,30)(H,26,27,29). The van der Waals surface area contributed by atoms with Gasteiger partial charge in [-0.3, -0.25) is 9.59 Å². The topological polar surface area (TPSA) is 76.0 Å². The molecule has 0 bridgehead atoms. The Balaban J connectivity index is 1.67. The van der Waals surface area contributed by atoms with Gasteiger partial charge in [-0.2, -0.15) is 0 Å². The number of aromatic nitrogens is 2. The zero-order valence-electron chi connectivity index (χ0n) is 18.0. The van der Waals surface area contributed by atoms with Gasteiger partial charge in [-0.15, -0.1) is 0 Å². The number of carbonyl (C=O) groups is 2. The van der Waals surface area contributed by atoms with Crippen LogP contribution in [0.1, 0.15) is 66.3 Å². The number of nitrogens with zero attached hydrogens (tertiary/aromatic N) is 2. The molecule has 6 nitrogen and oxygen atoms in total. The molecule has 1 aliphatic carbocycles. The first-order chi connectivity index (χ1) is 14.2. The highest BCUT2D eigenvalue weighted by Gasteiger charge is 2.26. The minimum Gasteiger partial charge on any atom is -0.349 e. The van der Waals surface area contributed by atoms with E-state index in [2.05, 4.69) is 31.4 Å². The summed E-state index contributed by atoms with van der Waals surface area (Å²) in [5.41, 5.74) is 2.72. The predicted octanol–water partition coefficient (Wildman–Crippen LogP) is 4.63. The number of hydrogen-bond donors (Lipinski definition) is 2. The molecule has 0 atom stereocenters. The number of carbonyl (C=O) groups excluding carboxylic acids is 2. The van der Waals surface area contributed by atoms with Crippen molar-refractivity contribution in [1.82, 2.24) is 14.9 Å². The van der Waals surface area contributed by atoms with Gasteiger partial charge in [-0.1, -0.05) is 17.7 Å². The van der Waals surface area contributed by atoms with Crippen LogP contribution in [0.2, 0.25) is 0 Å². The zero-order chi connectivity index (χ0) is 21.5. The van der Waals surface area contributed by atoms with Crippen LogP contribution in [0, 0.1) is 6.92 Å². The molecular formula is C24H28N4O2. The largest absolute Gasteiger partial charge is 0.349 e. The van der Waals surface area contributed by atoms with Gasteiger partial charge in [0, 0.05) is 28.7 Å². The van der Waals surface area contributed by atoms with Crippen molar-refractivity contribution >= 4 is 28.7 Å². The molecule has 6 heteroatoms. The van der Waals surface area contributed by atoms with E-state index < -0.39 is 0 Å². The van der Waals surface area contributed by atoms with Crippen molar-refractivity contribution in [2.75, 3.05) is 5.32 Å². The molecule has 0 spiro atoms. The molecule has 2 N–H and O–H groups in total. The summed E-state index contributed by atoms with van der Waals surface area (Å²) in [6, 6.07) is 11.3. The quantitative estimate of drug-likeness (QED) is 0.665. The predicted molar refractivity (Wildman–Crippen MR) is 119 cm³/mol. The van der Waals surface area contributed by atoms with Crippen molar-refractivity contribution in [3.8, 4) is 0 Å². The monoisotopic (exact) mass is 404 g/mol. The molecule has 1 aromatic carbocycles. The molecule has 30 heavy (non-hydrogen) atoms. The number of nitrogens with one attached hydrogen (secondary N) is 2. The first kappa shape index (κ1) is 20.1. The second kappa shape index (κ2) is 7.59. The summed E-state index contributed by atoms with van der Waals surface area (Å²) in [5, 5.41) is 6.77. The Morgan fingerprint density at radius 1 is 1.03 bits per heavy atom. The van der Waals surface area contributed by atoms with E-state index in [1.54, 1.807) is 18.2 Å². The lowest BCUT2D eigenvalue weighted by atomic mass is 9.93. The van der Waals surface area contributed by atoms with E-state index in [0.29, 0.717) is 22.6 Å². The highest BCUT2D eigenvalue weighted by atomic mass is 16.2. The van der Waals surface area contributed by atoms with Crippen LogP contribution in [0.3, 0.4) is 0 Å². The molecular weight excluding hydrogens is 376 g/mol. The van der Waals surface area contributed by atoms with Crippen molar-refractivity contribution in [2.45, 2.75) is 58.5 Å². The fourth-order valence-corrected chi connectivity index (χ4v) is 3.57. The Hall–Kier alpha value is -3.15. The SMILES string of the molecule is Cc1ccc(C(=O)Nc2ccc3c(C(=O)NC4CCC4)cn(C(C)(C)C)c3n2)cc1. The van der Waals surface area contributed by atoms with Gasteiger partial charge in [0.05, 0.1) is 5.56 Å². The third kappa shape index (κ3) is 3.95. The molecule has 0 radical (unpaired) electrons. The van der Waals surface area contributed by atoms with Gasteiger partial charge in [0.25, 0.3) is 11.8 Å². The number of rotatable bonds is 4. The van der Waals surface area contributed by atoms with Crippen LogP contribution >= 0.6 is 0 Å². The molecule has 0 saturated heterocycles. The lowest BCUT2D eigenvalue weighted by molar-refractivity contribution is 0.0917. The maximum Gasteiger partial charge on any atom is 0.256 e. The molecule has 2 amide bonds. The zero-order valence-corrected chi connectivity index (χ0v) is 18.0. The van der Waals surface area contributed by atoms with E-state index >= 15 is 0 Å². The third-order valence-corrected chi connectivity index (χ3v) is 5.61. The van der Waals surface area contributed by atoms with Crippen LogP contribution in [0.25, 0.3) is 11.0 Å². The molecule has 0 aliphatic heterocycles. The van der Waals surface area contributed by atoms with Crippen LogP contribution in [0.5, 0.6) is 0 Å². The van der Waals surface area contributed by atoms with Crippen LogP contribution in [0.15, 0.2) is 42.6 Å². The first-order valence-electron chi connectivity index (χ1n) is 10.4. The average Bonchev–Trinajstić information content (AvgIpc) is 3.04. The Morgan fingerprint density at radius 3 is 2.33 bits per heavy atom. The van der Waals surface area contributed by atoms with Gasteiger partial charge >= 0.3 is 0 Å². The normalized spacial score (nSPS) is 14.4. The molecule has 2 heterocycles. The number of amides is 2. The first-order valence-corrected chi connectivity index (χ1v) is 10.4. The van der Waals surface area contributed by atoms with E-state index in [4.69, 9.17) is 4.98 Å². The second-order valence-electron chi connectivity index (χ2n) is 9.07. The lowest BCUT2D eigenvalue weighted by Crippen LogP contribution is -2.39. The van der Waals surface area contributed by atoms with Crippen molar-refractivity contribution in [1.29, 1.82) is 0 Å². The minimum absolute atomic E-state index is 0.0639. The Kier molecular flexibility index (Phi) is 5.10. The van der Waals surface area contributed by atoms with Gasteiger partial charge in [0.2, 0.25) is 0 Å². The van der Waals surface area contributed by atoms with E-state index in [-0.39, 0.29) is 23.4 Å². The fourth-order valence-electron chi connectivity index (χ4n) is 3.57. The molecule has 3 aromatic rings. The van der Waals surface area contributed by atoms with Crippen LogP contribution in [-0.2, 0) is 5.54 Å². The maximum absolute atomic E-state index is 12.9. The van der Waals surface area contributed by atoms with Crippen LogP contribution in [-0.4, -0.2) is 27.4 Å². The third-order valence-electron chi connectivity index (χ3n) is 5.61. The Morgan fingerprint density at radius 2 is 1.73 bits per heavy atom. The Labute approximate surface area is 176 Å². The van der Waals surface area contributed by atoms with Crippen molar-refractivity contribution in [2.24, 2.45) is 0 Å². The summed E-state index contributed by atoms with van der Waals surface area (Å²) in [4.78, 5) is 30.1. The average molecular weight is 405 g/mol. The van der Waals surface area contributed by atoms with E-state index in [1.807, 2.05) is 35.9 Å². The van der Waals surface area contributed by atoms with Gasteiger partial charge in [-0.05, 0) is 71.2 Å². The minimum atomic E-state index is -0.264. The summed E-state index contributed by atoms with van der Waals surface area (Å²) in [7, 11) is 0. The molecule has 156 valence electrons. The number of fused-ring (bicyclic) bond motifs is 1. The summed E-state index contributed by atoms with van der Waals surface area (Å²) >= 11 is 0. The summed E-state index contributed by atoms with van der Waals surface area (Å²) in [5.74, 6) is 0.187. The number of anilines is 1. The second-order valence-corrected chi connectivity index (χ2v) is 9.07. The van der Waals surface area contributed by atoms with Gasteiger partial charge in [0.15, 0.2) is 0 Å². The molecule has 1 saturated carbocycles. The molecule has 1 fully saturated rings. The van der Waals surface area contributed by atoms with E-state index in [1.165, 1.54) is 6.42 Å². The highest BCUT2D eigenvalue weighted by molar-refractivity contribution is 6.08. The van der Waals surface area contributed by atoms with Crippen LogP contribution in [0.4, 0.5) is 5.82 Å². The summed E-state index contributed by atoms with van der Waals surface area (Å²) in [6.45, 7) is 8.19. The van der Waals surface area contributed by atoms with Crippen LogP contribution < -0.4 is 10.6 Å². The van der Waals surface area contributed by atoms with Gasteiger partial charge < -0.3 is 15.2 Å². The smallest absolute Gasteiger partial charge is 0.256 e. The number of hydrogen-bond acceptors (Lipinski definition) is 3. The molecule has 1 aliphatic rings. The molecule has 2 aromatic heterocycles. The Bertz CT molecular complexity index is 1100. The number of benzene rings is 1. The maximum atomic E-state index is 12.9. The van der Waals surface area contributed by atoms with E-state index in [9.17, 15) is 9.59 Å². The van der Waals surface area contributed by atoms with Crippen molar-refractivity contribution in [3.63, 3.8) is 0 Å². The lowest BCUT2D eigenvalue weighted by Gasteiger charge is -2.26.